The Morgan fingerprint density at radius 2 is 1.52 bits per heavy atom. The lowest BCUT2D eigenvalue weighted by molar-refractivity contribution is 0.140. The number of rotatable bonds is 7. The molecule has 2 fully saturated rings. The molecule has 0 unspecified atom stereocenters. The first kappa shape index (κ1) is 24.3. The zero-order valence-corrected chi connectivity index (χ0v) is 20.7. The second kappa shape index (κ2) is 10.2. The SMILES string of the molecule is C[C@H]1CCCC[C@H]1NS(=O)(=O)c1ccc(S(=O)(=O)N2CCCN(Cc3ccccc3)C2)cc1. The van der Waals surface area contributed by atoms with Gasteiger partial charge in [-0.05, 0) is 55.0 Å². The predicted molar refractivity (Wildman–Crippen MR) is 128 cm³/mol. The van der Waals surface area contributed by atoms with E-state index in [4.69, 9.17) is 0 Å². The molecule has 33 heavy (non-hydrogen) atoms. The molecule has 0 amide bonds. The molecule has 7 nitrogen and oxygen atoms in total. The first-order valence-corrected chi connectivity index (χ1v) is 14.6. The van der Waals surface area contributed by atoms with Crippen molar-refractivity contribution in [2.75, 3.05) is 19.8 Å². The van der Waals surface area contributed by atoms with Gasteiger partial charge in [0.25, 0.3) is 0 Å². The Morgan fingerprint density at radius 1 is 0.848 bits per heavy atom. The molecule has 1 saturated carbocycles. The Morgan fingerprint density at radius 3 is 2.21 bits per heavy atom. The molecule has 2 aromatic rings. The number of benzene rings is 2. The number of sulfonamides is 2. The lowest BCUT2D eigenvalue weighted by Crippen LogP contribution is -2.47. The topological polar surface area (TPSA) is 86.8 Å². The van der Waals surface area contributed by atoms with E-state index < -0.39 is 20.0 Å². The van der Waals surface area contributed by atoms with E-state index in [-0.39, 0.29) is 15.8 Å². The molecule has 2 atom stereocenters. The van der Waals surface area contributed by atoms with Crippen LogP contribution in [0.2, 0.25) is 0 Å². The molecule has 0 spiro atoms. The van der Waals surface area contributed by atoms with Gasteiger partial charge >= 0.3 is 0 Å². The minimum Gasteiger partial charge on any atom is -0.285 e. The van der Waals surface area contributed by atoms with E-state index >= 15 is 0 Å². The summed E-state index contributed by atoms with van der Waals surface area (Å²) >= 11 is 0. The van der Waals surface area contributed by atoms with Crippen LogP contribution in [0, 0.1) is 5.92 Å². The smallest absolute Gasteiger partial charge is 0.244 e. The lowest BCUT2D eigenvalue weighted by atomic mass is 9.87. The molecular weight excluding hydrogens is 458 g/mol. The number of hydrogen-bond donors (Lipinski definition) is 1. The fraction of sp³-hybridized carbons (Fsp3) is 0.500. The number of nitrogens with zero attached hydrogens (tertiary/aromatic N) is 2. The van der Waals surface area contributed by atoms with E-state index in [9.17, 15) is 16.8 Å². The van der Waals surface area contributed by atoms with E-state index in [0.717, 1.165) is 44.2 Å². The van der Waals surface area contributed by atoms with Gasteiger partial charge in [0, 0.05) is 25.7 Å². The fourth-order valence-corrected chi connectivity index (χ4v) is 7.54. The van der Waals surface area contributed by atoms with Crippen LogP contribution in [0.15, 0.2) is 64.4 Å². The zero-order valence-electron chi connectivity index (χ0n) is 19.1. The molecule has 1 heterocycles. The van der Waals surface area contributed by atoms with Crippen molar-refractivity contribution in [2.24, 2.45) is 5.92 Å². The Kier molecular flexibility index (Phi) is 7.55. The predicted octanol–water partition coefficient (Wildman–Crippen LogP) is 3.40. The Hall–Kier alpha value is -1.78. The molecule has 180 valence electrons. The Balaban J connectivity index is 1.44. The Labute approximate surface area is 197 Å². The van der Waals surface area contributed by atoms with Crippen LogP contribution in [0.3, 0.4) is 0 Å². The molecule has 4 rings (SSSR count). The van der Waals surface area contributed by atoms with Crippen LogP contribution < -0.4 is 4.72 Å². The van der Waals surface area contributed by atoms with Gasteiger partial charge in [-0.15, -0.1) is 0 Å². The summed E-state index contributed by atoms with van der Waals surface area (Å²) in [6.45, 7) is 4.37. The van der Waals surface area contributed by atoms with Crippen LogP contribution in [0.1, 0.15) is 44.6 Å². The third kappa shape index (κ3) is 5.84. The van der Waals surface area contributed by atoms with E-state index in [1.807, 2.05) is 30.3 Å². The summed E-state index contributed by atoms with van der Waals surface area (Å²) in [6.07, 6.45) is 4.75. The first-order valence-electron chi connectivity index (χ1n) is 11.6. The van der Waals surface area contributed by atoms with Gasteiger partial charge in [-0.1, -0.05) is 50.1 Å². The highest BCUT2D eigenvalue weighted by Gasteiger charge is 2.30. The summed E-state index contributed by atoms with van der Waals surface area (Å²) in [5.41, 5.74) is 1.14. The molecule has 0 aromatic heterocycles. The third-order valence-corrected chi connectivity index (χ3v) is 10.0. The molecule has 2 aromatic carbocycles. The van der Waals surface area contributed by atoms with Crippen molar-refractivity contribution in [1.29, 1.82) is 0 Å². The fourth-order valence-electron chi connectivity index (χ4n) is 4.70. The van der Waals surface area contributed by atoms with Gasteiger partial charge in [0.1, 0.15) is 0 Å². The quantitative estimate of drug-likeness (QED) is 0.642. The molecule has 1 aliphatic carbocycles. The van der Waals surface area contributed by atoms with Crippen LogP contribution in [0.4, 0.5) is 0 Å². The van der Waals surface area contributed by atoms with Crippen molar-refractivity contribution in [1.82, 2.24) is 13.9 Å². The highest BCUT2D eigenvalue weighted by molar-refractivity contribution is 7.89. The summed E-state index contributed by atoms with van der Waals surface area (Å²) in [5.74, 6) is 0.297. The molecule has 1 saturated heterocycles. The largest absolute Gasteiger partial charge is 0.285 e. The van der Waals surface area contributed by atoms with Crippen molar-refractivity contribution in [3.8, 4) is 0 Å². The molecule has 1 aliphatic heterocycles. The summed E-state index contributed by atoms with van der Waals surface area (Å²) in [5, 5.41) is 0. The van der Waals surface area contributed by atoms with Crippen molar-refractivity contribution in [3.63, 3.8) is 0 Å². The number of hydrogen-bond acceptors (Lipinski definition) is 5. The Bertz CT molecular complexity index is 1140. The average Bonchev–Trinajstić information content (AvgIpc) is 2.81. The summed E-state index contributed by atoms with van der Waals surface area (Å²) in [7, 11) is -7.40. The summed E-state index contributed by atoms with van der Waals surface area (Å²) in [4.78, 5) is 2.34. The summed E-state index contributed by atoms with van der Waals surface area (Å²) in [6, 6.07) is 15.5. The maximum absolute atomic E-state index is 13.2. The maximum atomic E-state index is 13.2. The molecule has 0 radical (unpaired) electrons. The molecule has 1 N–H and O–H groups in total. The second-order valence-electron chi connectivity index (χ2n) is 9.17. The van der Waals surface area contributed by atoms with Crippen LogP contribution in [-0.4, -0.2) is 51.8 Å². The minimum atomic E-state index is -3.71. The van der Waals surface area contributed by atoms with Crippen LogP contribution in [0.25, 0.3) is 0 Å². The van der Waals surface area contributed by atoms with Gasteiger partial charge in [0.05, 0.1) is 16.5 Å². The standard InChI is InChI=1S/C24H33N3O4S2/c1-20-8-5-6-11-24(20)25-32(28,29)22-12-14-23(15-13-22)33(30,31)27-17-7-16-26(19-27)18-21-9-3-2-4-10-21/h2-4,9-10,12-15,20,24-25H,5-8,11,16-19H2,1H3/t20-,24+/m0/s1. The van der Waals surface area contributed by atoms with E-state index in [0.29, 0.717) is 25.7 Å². The van der Waals surface area contributed by atoms with Gasteiger partial charge < -0.3 is 0 Å². The third-order valence-electron chi connectivity index (χ3n) is 6.68. The highest BCUT2D eigenvalue weighted by atomic mass is 32.2. The maximum Gasteiger partial charge on any atom is 0.244 e. The van der Waals surface area contributed by atoms with Crippen molar-refractivity contribution in [2.45, 2.75) is 61.4 Å². The van der Waals surface area contributed by atoms with E-state index in [2.05, 4.69) is 16.5 Å². The molecule has 9 heteroatoms. The summed E-state index contributed by atoms with van der Waals surface area (Å²) < 4.78 is 56.5. The monoisotopic (exact) mass is 491 g/mol. The van der Waals surface area contributed by atoms with Crippen molar-refractivity contribution >= 4 is 20.0 Å². The number of nitrogens with one attached hydrogen (secondary N) is 1. The van der Waals surface area contributed by atoms with Gasteiger partial charge in [-0.2, -0.15) is 4.31 Å². The average molecular weight is 492 g/mol. The first-order chi connectivity index (χ1) is 15.8. The normalized spacial score (nSPS) is 23.4. The highest BCUT2D eigenvalue weighted by Crippen LogP contribution is 2.26. The van der Waals surface area contributed by atoms with Gasteiger partial charge in [0.15, 0.2) is 0 Å². The molecule has 0 bridgehead atoms. The van der Waals surface area contributed by atoms with Crippen molar-refractivity contribution in [3.05, 3.63) is 60.2 Å². The van der Waals surface area contributed by atoms with Crippen molar-refractivity contribution < 1.29 is 16.8 Å². The lowest BCUT2D eigenvalue weighted by Gasteiger charge is -2.34. The zero-order chi connectivity index (χ0) is 23.5. The van der Waals surface area contributed by atoms with Gasteiger partial charge in [-0.3, -0.25) is 4.90 Å². The molecule has 2 aliphatic rings. The van der Waals surface area contributed by atoms with E-state index in [1.54, 1.807) is 0 Å². The van der Waals surface area contributed by atoms with Gasteiger partial charge in [-0.25, -0.2) is 21.6 Å². The second-order valence-corrected chi connectivity index (χ2v) is 12.8. The van der Waals surface area contributed by atoms with Gasteiger partial charge in [0.2, 0.25) is 20.0 Å². The van der Waals surface area contributed by atoms with Crippen LogP contribution in [0.5, 0.6) is 0 Å². The van der Waals surface area contributed by atoms with Crippen LogP contribution in [-0.2, 0) is 26.6 Å². The minimum absolute atomic E-state index is 0.0730. The molecular formula is C24H33N3O4S2. The van der Waals surface area contributed by atoms with E-state index in [1.165, 1.54) is 28.6 Å². The van der Waals surface area contributed by atoms with Crippen LogP contribution >= 0.6 is 0 Å².